The van der Waals surface area contributed by atoms with E-state index in [4.69, 9.17) is 0 Å². The first kappa shape index (κ1) is 33.0. The van der Waals surface area contributed by atoms with Gasteiger partial charge in [-0.3, -0.25) is 4.79 Å². The van der Waals surface area contributed by atoms with Gasteiger partial charge in [0.05, 0.1) is 0 Å². The zero-order valence-electron chi connectivity index (χ0n) is 27.1. The molecule has 3 aromatic rings. The molecule has 0 spiro atoms. The molecule has 0 aliphatic heterocycles. The predicted octanol–water partition coefficient (Wildman–Crippen LogP) is 4.92. The predicted molar refractivity (Wildman–Crippen MR) is 171 cm³/mol. The van der Waals surface area contributed by atoms with Crippen LogP contribution in [0.25, 0.3) is 11.4 Å². The van der Waals surface area contributed by atoms with Gasteiger partial charge >= 0.3 is 6.03 Å². The number of carbonyl (C=O) groups is 2. The second-order valence-corrected chi connectivity index (χ2v) is 13.1. The summed E-state index contributed by atoms with van der Waals surface area (Å²) in [6.07, 6.45) is 4.10. The van der Waals surface area contributed by atoms with Crippen molar-refractivity contribution in [2.24, 2.45) is 18.4 Å². The van der Waals surface area contributed by atoms with Gasteiger partial charge in [0, 0.05) is 57.4 Å². The molecule has 1 aromatic heterocycles. The maximum absolute atomic E-state index is 13.5. The van der Waals surface area contributed by atoms with Crippen LogP contribution in [0.1, 0.15) is 58.1 Å². The van der Waals surface area contributed by atoms with Gasteiger partial charge in [-0.15, -0.1) is 5.10 Å². The fraction of sp³-hybridized carbons (Fsp3) is 0.545. The number of urea groups is 1. The summed E-state index contributed by atoms with van der Waals surface area (Å²) < 4.78 is 15.0. The van der Waals surface area contributed by atoms with Crippen molar-refractivity contribution >= 4 is 17.6 Å². The highest BCUT2D eigenvalue weighted by Crippen LogP contribution is 2.31. The molecule has 2 N–H and O–H groups in total. The number of aryl methyl sites for hydroxylation is 2. The Morgan fingerprint density at radius 1 is 1.09 bits per heavy atom. The molecule has 44 heavy (non-hydrogen) atoms. The van der Waals surface area contributed by atoms with Gasteiger partial charge in [0.2, 0.25) is 5.91 Å². The lowest BCUT2D eigenvalue weighted by Gasteiger charge is -2.42. The van der Waals surface area contributed by atoms with Crippen LogP contribution in [-0.2, 0) is 24.7 Å². The van der Waals surface area contributed by atoms with Gasteiger partial charge in [-0.1, -0.05) is 32.9 Å². The number of halogens is 1. The fourth-order valence-corrected chi connectivity index (χ4v) is 6.53. The van der Waals surface area contributed by atoms with Crippen molar-refractivity contribution in [2.75, 3.05) is 32.5 Å². The van der Waals surface area contributed by atoms with E-state index in [0.717, 1.165) is 55.5 Å². The quantitative estimate of drug-likeness (QED) is 0.321. The second kappa shape index (κ2) is 14.3. The highest BCUT2D eigenvalue weighted by atomic mass is 19.1. The standard InChI is InChI=1S/C33H47FN8O2/c1-8-23-15-26(31-37-38-39-42(31)7)17-28(16-23)35-32(44)36-30-18-29(41(6)22(2)43)14-11-25(30)20-40(5)21-33(3,4)19-24-9-12-27(34)13-10-24/h9-10,12-13,15-17,25,29-30H,8,11,14,18-21H2,1-7H3,(H2,35,36,44)/t25-,29+,30+/m0/s1. The van der Waals surface area contributed by atoms with Crippen LogP contribution >= 0.6 is 0 Å². The van der Waals surface area contributed by atoms with E-state index in [1.807, 2.05) is 37.4 Å². The van der Waals surface area contributed by atoms with Crippen molar-refractivity contribution in [1.29, 1.82) is 0 Å². The Morgan fingerprint density at radius 3 is 2.45 bits per heavy atom. The summed E-state index contributed by atoms with van der Waals surface area (Å²) in [5.41, 5.74) is 3.64. The molecular weight excluding hydrogens is 559 g/mol. The summed E-state index contributed by atoms with van der Waals surface area (Å²) in [6, 6.07) is 12.3. The number of anilines is 1. The van der Waals surface area contributed by atoms with Crippen molar-refractivity contribution in [3.05, 3.63) is 59.4 Å². The van der Waals surface area contributed by atoms with Crippen molar-refractivity contribution in [1.82, 2.24) is 35.3 Å². The summed E-state index contributed by atoms with van der Waals surface area (Å²) >= 11 is 0. The van der Waals surface area contributed by atoms with Crippen LogP contribution in [0, 0.1) is 17.2 Å². The molecule has 11 heteroatoms. The molecule has 4 rings (SSSR count). The molecule has 1 aliphatic rings. The van der Waals surface area contributed by atoms with Crippen molar-refractivity contribution in [2.45, 2.75) is 71.9 Å². The third-order valence-corrected chi connectivity index (χ3v) is 8.70. The third kappa shape index (κ3) is 8.84. The number of nitrogens with zero attached hydrogens (tertiary/aromatic N) is 6. The second-order valence-electron chi connectivity index (χ2n) is 13.1. The zero-order chi connectivity index (χ0) is 32.0. The Bertz CT molecular complexity index is 1420. The van der Waals surface area contributed by atoms with Crippen LogP contribution < -0.4 is 10.6 Å². The lowest BCUT2D eigenvalue weighted by molar-refractivity contribution is -0.130. The van der Waals surface area contributed by atoms with Gasteiger partial charge in [0.25, 0.3) is 0 Å². The van der Waals surface area contributed by atoms with Gasteiger partial charge in [0.15, 0.2) is 5.82 Å². The van der Waals surface area contributed by atoms with Gasteiger partial charge in [-0.05, 0) is 102 Å². The van der Waals surface area contributed by atoms with E-state index in [-0.39, 0.29) is 41.2 Å². The first-order valence-electron chi connectivity index (χ1n) is 15.4. The van der Waals surface area contributed by atoms with Crippen molar-refractivity contribution < 1.29 is 14.0 Å². The zero-order valence-corrected chi connectivity index (χ0v) is 27.1. The lowest BCUT2D eigenvalue weighted by Crippen LogP contribution is -2.53. The van der Waals surface area contributed by atoms with E-state index in [1.54, 1.807) is 23.6 Å². The van der Waals surface area contributed by atoms with Crippen LogP contribution in [0.2, 0.25) is 0 Å². The molecular formula is C33H47FN8O2. The average molecular weight is 607 g/mol. The Labute approximate surface area is 260 Å². The molecule has 3 atom stereocenters. The molecule has 1 saturated carbocycles. The molecule has 1 fully saturated rings. The first-order chi connectivity index (χ1) is 20.8. The number of nitrogens with one attached hydrogen (secondary N) is 2. The number of hydrogen-bond donors (Lipinski definition) is 2. The highest BCUT2D eigenvalue weighted by molar-refractivity contribution is 5.90. The van der Waals surface area contributed by atoms with Crippen LogP contribution in [0.3, 0.4) is 0 Å². The number of benzene rings is 2. The number of rotatable bonds is 11. The number of carbonyl (C=O) groups excluding carboxylic acids is 2. The maximum atomic E-state index is 13.5. The Kier molecular flexibility index (Phi) is 10.7. The van der Waals surface area contributed by atoms with E-state index < -0.39 is 0 Å². The van der Waals surface area contributed by atoms with Gasteiger partial charge in [-0.25, -0.2) is 13.9 Å². The van der Waals surface area contributed by atoms with Crippen molar-refractivity contribution in [3.63, 3.8) is 0 Å². The summed E-state index contributed by atoms with van der Waals surface area (Å²) in [7, 11) is 5.75. The normalized spacial score (nSPS) is 18.7. The molecule has 1 heterocycles. The minimum atomic E-state index is -0.277. The molecule has 3 amide bonds. The Hall–Kier alpha value is -3.86. The molecule has 0 saturated heterocycles. The summed E-state index contributed by atoms with van der Waals surface area (Å²) in [5.74, 6) is 0.639. The number of tetrazole rings is 1. The first-order valence-corrected chi connectivity index (χ1v) is 15.4. The molecule has 0 radical (unpaired) electrons. The van der Waals surface area contributed by atoms with Gasteiger partial charge < -0.3 is 20.4 Å². The topological polar surface area (TPSA) is 108 Å². The summed E-state index contributed by atoms with van der Waals surface area (Å²) in [4.78, 5) is 29.8. The van der Waals surface area contributed by atoms with E-state index in [2.05, 4.69) is 58.9 Å². The van der Waals surface area contributed by atoms with Crippen LogP contribution in [-0.4, -0.2) is 81.2 Å². The molecule has 238 valence electrons. The highest BCUT2D eigenvalue weighted by Gasteiger charge is 2.35. The molecule has 1 aliphatic carbocycles. The molecule has 10 nitrogen and oxygen atoms in total. The minimum Gasteiger partial charge on any atom is -0.343 e. The largest absolute Gasteiger partial charge is 0.343 e. The third-order valence-electron chi connectivity index (χ3n) is 8.70. The number of aromatic nitrogens is 4. The monoisotopic (exact) mass is 606 g/mol. The number of amides is 3. The summed E-state index contributed by atoms with van der Waals surface area (Å²) in [6.45, 7) is 9.76. The smallest absolute Gasteiger partial charge is 0.319 e. The minimum absolute atomic E-state index is 0.0264. The Morgan fingerprint density at radius 2 is 1.82 bits per heavy atom. The van der Waals surface area contributed by atoms with E-state index in [1.165, 1.54) is 12.1 Å². The number of hydrogen-bond acceptors (Lipinski definition) is 6. The maximum Gasteiger partial charge on any atom is 0.319 e. The van der Waals surface area contributed by atoms with Crippen LogP contribution in [0.5, 0.6) is 0 Å². The summed E-state index contributed by atoms with van der Waals surface area (Å²) in [5, 5.41) is 18.1. The average Bonchev–Trinajstić information content (AvgIpc) is 3.39. The van der Waals surface area contributed by atoms with E-state index >= 15 is 0 Å². The fourth-order valence-electron chi connectivity index (χ4n) is 6.53. The molecule has 2 aromatic carbocycles. The molecule has 0 unspecified atom stereocenters. The van der Waals surface area contributed by atoms with E-state index in [0.29, 0.717) is 17.9 Å². The van der Waals surface area contributed by atoms with Gasteiger partial charge in [-0.2, -0.15) is 0 Å². The van der Waals surface area contributed by atoms with E-state index in [9.17, 15) is 14.0 Å². The van der Waals surface area contributed by atoms with Crippen LogP contribution in [0.4, 0.5) is 14.9 Å². The van der Waals surface area contributed by atoms with Crippen LogP contribution in [0.15, 0.2) is 42.5 Å². The Balaban J connectivity index is 1.45. The lowest BCUT2D eigenvalue weighted by atomic mass is 9.80. The molecule has 0 bridgehead atoms. The van der Waals surface area contributed by atoms with Crippen molar-refractivity contribution in [3.8, 4) is 11.4 Å². The SMILES string of the molecule is CCc1cc(NC(=O)N[C@@H]2C[C@H](N(C)C(C)=O)CC[C@H]2CN(C)CC(C)(C)Cc2ccc(F)cc2)cc(-c2nnnn2C)c1. The van der Waals surface area contributed by atoms with Gasteiger partial charge in [0.1, 0.15) is 5.82 Å².